The summed E-state index contributed by atoms with van der Waals surface area (Å²) >= 11 is 1.42. The number of esters is 2. The molecule has 30 heavy (non-hydrogen) atoms. The molecule has 7 heteroatoms. The van der Waals surface area contributed by atoms with Gasteiger partial charge in [-0.25, -0.2) is 0 Å². The van der Waals surface area contributed by atoms with Crippen LogP contribution in [0.1, 0.15) is 25.0 Å². The minimum Gasteiger partial charge on any atom is -0.454 e. The van der Waals surface area contributed by atoms with Crippen LogP contribution in [-0.4, -0.2) is 42.3 Å². The van der Waals surface area contributed by atoms with E-state index in [1.807, 2.05) is 61.5 Å². The molecular weight excluding hydrogens is 404 g/mol. The van der Waals surface area contributed by atoms with Crippen molar-refractivity contribution in [2.75, 3.05) is 13.2 Å². The molecule has 0 N–H and O–H groups in total. The Labute approximate surface area is 180 Å². The predicted octanol–water partition coefficient (Wildman–Crippen LogP) is 3.89. The molecule has 0 amide bonds. The Hall–Kier alpha value is -2.35. The summed E-state index contributed by atoms with van der Waals surface area (Å²) in [6.07, 6.45) is -0.805. The van der Waals surface area contributed by atoms with Crippen molar-refractivity contribution in [3.05, 3.63) is 65.7 Å². The maximum Gasteiger partial charge on any atom is 0.303 e. The topological polar surface area (TPSA) is 71.1 Å². The fraction of sp³-hybridized carbons (Fsp3) is 0.391. The highest BCUT2D eigenvalue weighted by atomic mass is 32.2. The summed E-state index contributed by atoms with van der Waals surface area (Å²) in [5.74, 6) is -0.959. The summed E-state index contributed by atoms with van der Waals surface area (Å²) in [5.41, 5.74) is 0.390. The Bertz CT molecular complexity index is 854. The lowest BCUT2D eigenvalue weighted by Crippen LogP contribution is -2.52. The Kier molecular flexibility index (Phi) is 7.53. The van der Waals surface area contributed by atoms with E-state index in [0.717, 1.165) is 16.0 Å². The van der Waals surface area contributed by atoms with E-state index in [4.69, 9.17) is 18.9 Å². The van der Waals surface area contributed by atoms with Gasteiger partial charge in [-0.2, -0.15) is 0 Å². The van der Waals surface area contributed by atoms with E-state index in [1.54, 1.807) is 0 Å². The third-order valence-corrected chi connectivity index (χ3v) is 5.79. The molecule has 6 nitrogen and oxygen atoms in total. The van der Waals surface area contributed by atoms with Gasteiger partial charge in [0.15, 0.2) is 11.7 Å². The zero-order valence-electron chi connectivity index (χ0n) is 17.3. The maximum absolute atomic E-state index is 11.9. The normalized spacial score (nSPS) is 23.2. The highest BCUT2D eigenvalue weighted by molar-refractivity contribution is 7.99. The largest absolute Gasteiger partial charge is 0.454 e. The van der Waals surface area contributed by atoms with Crippen LogP contribution >= 0.6 is 11.8 Å². The lowest BCUT2D eigenvalue weighted by molar-refractivity contribution is -0.187. The number of ether oxygens (including phenoxy) is 4. The first-order chi connectivity index (χ1) is 14.4. The van der Waals surface area contributed by atoms with Crippen molar-refractivity contribution in [3.63, 3.8) is 0 Å². The Morgan fingerprint density at radius 1 is 1.07 bits per heavy atom. The molecule has 0 aromatic heterocycles. The lowest BCUT2D eigenvalue weighted by Gasteiger charge is -2.33. The van der Waals surface area contributed by atoms with Gasteiger partial charge in [0.1, 0.15) is 5.44 Å². The van der Waals surface area contributed by atoms with Crippen LogP contribution in [0.2, 0.25) is 0 Å². The summed E-state index contributed by atoms with van der Waals surface area (Å²) in [7, 11) is 0. The van der Waals surface area contributed by atoms with Gasteiger partial charge in [0.2, 0.25) is 0 Å². The second-order valence-corrected chi connectivity index (χ2v) is 8.45. The molecule has 3 rings (SSSR count). The van der Waals surface area contributed by atoms with Crippen LogP contribution in [0.3, 0.4) is 0 Å². The van der Waals surface area contributed by atoms with Crippen LogP contribution < -0.4 is 0 Å². The number of hydrogen-bond donors (Lipinski definition) is 0. The number of thioether (sulfide) groups is 1. The molecule has 2 aromatic carbocycles. The van der Waals surface area contributed by atoms with Crippen LogP contribution in [0, 0.1) is 6.92 Å². The number of carbonyl (C=O) groups is 2. The van der Waals surface area contributed by atoms with Gasteiger partial charge >= 0.3 is 11.9 Å². The molecule has 0 aliphatic carbocycles. The molecule has 0 radical (unpaired) electrons. The van der Waals surface area contributed by atoms with E-state index in [0.29, 0.717) is 6.61 Å². The SMILES string of the molecule is CC(=O)O[C@H]1C(Sc2ccc(C)cc2)OC[C@@]1(COCc1ccccc1)OC(C)=O. The first kappa shape index (κ1) is 22.3. The summed E-state index contributed by atoms with van der Waals surface area (Å²) in [4.78, 5) is 24.7. The third kappa shape index (κ3) is 5.84. The maximum atomic E-state index is 11.9. The summed E-state index contributed by atoms with van der Waals surface area (Å²) in [5, 5.41) is 0. The number of aryl methyl sites for hydroxylation is 1. The van der Waals surface area contributed by atoms with Gasteiger partial charge in [-0.05, 0) is 24.6 Å². The lowest BCUT2D eigenvalue weighted by atomic mass is 10.0. The molecule has 1 fully saturated rings. The standard InChI is InChI=1S/C23H26O6S/c1-16-9-11-20(12-10-16)30-22-21(28-17(2)24)23(15-27-22,29-18(3)25)14-26-13-19-7-5-4-6-8-19/h4-12,21-22H,13-15H2,1-3H3/t21-,22?,23+/m0/s1. The molecule has 0 bridgehead atoms. The van der Waals surface area contributed by atoms with E-state index < -0.39 is 29.1 Å². The first-order valence-corrected chi connectivity index (χ1v) is 10.6. The molecule has 0 spiro atoms. The van der Waals surface area contributed by atoms with Gasteiger partial charge < -0.3 is 18.9 Å². The zero-order chi connectivity index (χ0) is 21.6. The molecular formula is C23H26O6S. The van der Waals surface area contributed by atoms with E-state index >= 15 is 0 Å². The fourth-order valence-corrected chi connectivity index (χ4v) is 4.40. The highest BCUT2D eigenvalue weighted by Crippen LogP contribution is 2.40. The highest BCUT2D eigenvalue weighted by Gasteiger charge is 2.56. The van der Waals surface area contributed by atoms with Gasteiger partial charge in [-0.3, -0.25) is 9.59 Å². The molecule has 160 valence electrons. The Balaban J connectivity index is 1.78. The third-order valence-electron chi connectivity index (χ3n) is 4.63. The summed E-state index contributed by atoms with van der Waals surface area (Å²) < 4.78 is 23.1. The molecule has 1 aliphatic heterocycles. The molecule has 2 aromatic rings. The quantitative estimate of drug-likeness (QED) is 0.588. The predicted molar refractivity (Wildman–Crippen MR) is 113 cm³/mol. The molecule has 1 aliphatic rings. The molecule has 1 heterocycles. The summed E-state index contributed by atoms with van der Waals surface area (Å²) in [6.45, 7) is 5.12. The molecule has 3 atom stereocenters. The zero-order valence-corrected chi connectivity index (χ0v) is 18.1. The van der Waals surface area contributed by atoms with Crippen molar-refractivity contribution in [1.29, 1.82) is 0 Å². The smallest absolute Gasteiger partial charge is 0.303 e. The average Bonchev–Trinajstić information content (AvgIpc) is 3.00. The second kappa shape index (κ2) is 10.1. The number of carbonyl (C=O) groups excluding carboxylic acids is 2. The average molecular weight is 431 g/mol. The molecule has 0 saturated carbocycles. The minimum atomic E-state index is -1.21. The number of rotatable bonds is 8. The van der Waals surface area contributed by atoms with E-state index in [2.05, 4.69) is 0 Å². The second-order valence-electron chi connectivity index (χ2n) is 7.28. The number of benzene rings is 2. The van der Waals surface area contributed by atoms with E-state index in [9.17, 15) is 9.59 Å². The Morgan fingerprint density at radius 2 is 1.77 bits per heavy atom. The van der Waals surface area contributed by atoms with Gasteiger partial charge in [0, 0.05) is 18.7 Å². The summed E-state index contributed by atoms with van der Waals surface area (Å²) in [6, 6.07) is 17.6. The van der Waals surface area contributed by atoms with Gasteiger partial charge in [-0.1, -0.05) is 59.8 Å². The molecule has 1 saturated heterocycles. The Morgan fingerprint density at radius 3 is 2.40 bits per heavy atom. The molecule has 1 unspecified atom stereocenters. The van der Waals surface area contributed by atoms with Gasteiger partial charge in [-0.15, -0.1) is 0 Å². The monoisotopic (exact) mass is 430 g/mol. The van der Waals surface area contributed by atoms with Crippen molar-refractivity contribution in [3.8, 4) is 0 Å². The van der Waals surface area contributed by atoms with Crippen molar-refractivity contribution in [2.45, 2.75) is 49.4 Å². The van der Waals surface area contributed by atoms with Crippen molar-refractivity contribution in [2.24, 2.45) is 0 Å². The van der Waals surface area contributed by atoms with Gasteiger partial charge in [0.25, 0.3) is 0 Å². The van der Waals surface area contributed by atoms with E-state index in [1.165, 1.54) is 25.6 Å². The first-order valence-electron chi connectivity index (χ1n) is 9.71. The van der Waals surface area contributed by atoms with Crippen LogP contribution in [0.5, 0.6) is 0 Å². The van der Waals surface area contributed by atoms with Gasteiger partial charge in [0.05, 0.1) is 19.8 Å². The van der Waals surface area contributed by atoms with Crippen molar-refractivity contribution < 1.29 is 28.5 Å². The van der Waals surface area contributed by atoms with Crippen LogP contribution in [0.25, 0.3) is 0 Å². The van der Waals surface area contributed by atoms with Crippen LogP contribution in [0.4, 0.5) is 0 Å². The fourth-order valence-electron chi connectivity index (χ4n) is 3.27. The van der Waals surface area contributed by atoms with Crippen LogP contribution in [0.15, 0.2) is 59.5 Å². The van der Waals surface area contributed by atoms with E-state index in [-0.39, 0.29) is 13.2 Å². The number of hydrogen-bond acceptors (Lipinski definition) is 7. The van der Waals surface area contributed by atoms with Crippen molar-refractivity contribution >= 4 is 23.7 Å². The van der Waals surface area contributed by atoms with Crippen LogP contribution in [-0.2, 0) is 35.1 Å². The van der Waals surface area contributed by atoms with Crippen molar-refractivity contribution in [1.82, 2.24) is 0 Å². The minimum absolute atomic E-state index is 0.0460.